The first-order valence-corrected chi connectivity index (χ1v) is 10.9. The second-order valence-corrected chi connectivity index (χ2v) is 9.61. The van der Waals surface area contributed by atoms with Gasteiger partial charge in [0, 0.05) is 41.7 Å². The highest BCUT2D eigenvalue weighted by Gasteiger charge is 2.25. The van der Waals surface area contributed by atoms with Gasteiger partial charge in [0.15, 0.2) is 5.78 Å². The first kappa shape index (κ1) is 21.6. The zero-order chi connectivity index (χ0) is 21.9. The molecule has 156 valence electrons. The topological polar surface area (TPSA) is 115 Å². The summed E-state index contributed by atoms with van der Waals surface area (Å²) in [6.45, 7) is 5.31. The van der Waals surface area contributed by atoms with E-state index in [-0.39, 0.29) is 28.5 Å². The molecule has 0 amide bonds. The molecule has 0 atom stereocenters. The van der Waals surface area contributed by atoms with Crippen molar-refractivity contribution in [2.75, 3.05) is 5.73 Å². The number of nitrogen functional groups attached to an aromatic ring is 1. The van der Waals surface area contributed by atoms with E-state index < -0.39 is 15.6 Å². The monoisotopic (exact) mass is 424 g/mol. The van der Waals surface area contributed by atoms with Gasteiger partial charge in [-0.2, -0.15) is 0 Å². The number of benzene rings is 1. The number of pyridine rings is 2. The lowest BCUT2D eigenvalue weighted by atomic mass is 10.0. The zero-order valence-electron chi connectivity index (χ0n) is 17.1. The van der Waals surface area contributed by atoms with Crippen LogP contribution >= 0.6 is 0 Å². The SMILES string of the molecule is CC(C)(C)NS(=O)(=O)c1ccccc1-c1cnc(N)c(C(=O)Cc2ccncc2)c1. The number of Topliss-reactive ketones (excluding diaryl/α,β-unsaturated/α-hetero) is 1. The van der Waals surface area contributed by atoms with Gasteiger partial charge < -0.3 is 5.73 Å². The highest BCUT2D eigenvalue weighted by Crippen LogP contribution is 2.29. The van der Waals surface area contributed by atoms with Gasteiger partial charge in [0.05, 0.1) is 10.5 Å². The van der Waals surface area contributed by atoms with E-state index in [1.165, 1.54) is 12.3 Å². The fourth-order valence-electron chi connectivity index (χ4n) is 3.02. The molecule has 7 nitrogen and oxygen atoms in total. The van der Waals surface area contributed by atoms with Gasteiger partial charge in [0.25, 0.3) is 0 Å². The summed E-state index contributed by atoms with van der Waals surface area (Å²) >= 11 is 0. The third-order valence-electron chi connectivity index (χ3n) is 4.26. The lowest BCUT2D eigenvalue weighted by Crippen LogP contribution is -2.40. The highest BCUT2D eigenvalue weighted by atomic mass is 32.2. The Bertz CT molecular complexity index is 1170. The van der Waals surface area contributed by atoms with Crippen molar-refractivity contribution < 1.29 is 13.2 Å². The highest BCUT2D eigenvalue weighted by molar-refractivity contribution is 7.89. The number of hydrogen-bond donors (Lipinski definition) is 2. The number of hydrogen-bond acceptors (Lipinski definition) is 6. The normalized spacial score (nSPS) is 12.0. The summed E-state index contributed by atoms with van der Waals surface area (Å²) in [5, 5.41) is 0. The lowest BCUT2D eigenvalue weighted by molar-refractivity contribution is 0.0993. The standard InChI is InChI=1S/C22H24N4O3S/c1-22(2,3)26-30(28,29)20-7-5-4-6-17(20)16-13-18(21(23)25-14-16)19(27)12-15-8-10-24-11-9-15/h4-11,13-14,26H,12H2,1-3H3,(H2,23,25). The smallest absolute Gasteiger partial charge is 0.241 e. The fraction of sp³-hybridized carbons (Fsp3) is 0.227. The molecule has 1 aromatic carbocycles. The Morgan fingerprint density at radius 3 is 2.43 bits per heavy atom. The van der Waals surface area contributed by atoms with Crippen molar-refractivity contribution in [1.29, 1.82) is 0 Å². The van der Waals surface area contributed by atoms with Gasteiger partial charge in [-0.1, -0.05) is 18.2 Å². The maximum absolute atomic E-state index is 12.9. The molecule has 3 N–H and O–H groups in total. The van der Waals surface area contributed by atoms with Crippen molar-refractivity contribution in [3.05, 3.63) is 72.2 Å². The summed E-state index contributed by atoms with van der Waals surface area (Å²) in [5.41, 5.74) is 7.31. The summed E-state index contributed by atoms with van der Waals surface area (Å²) < 4.78 is 28.5. The summed E-state index contributed by atoms with van der Waals surface area (Å²) in [6, 6.07) is 11.7. The molecule has 0 spiro atoms. The van der Waals surface area contributed by atoms with E-state index in [4.69, 9.17) is 5.73 Å². The van der Waals surface area contributed by atoms with Crippen LogP contribution in [0.3, 0.4) is 0 Å². The van der Waals surface area contributed by atoms with Gasteiger partial charge in [0.1, 0.15) is 5.82 Å². The first-order valence-electron chi connectivity index (χ1n) is 9.38. The number of rotatable bonds is 6. The number of aromatic nitrogens is 2. The number of sulfonamides is 1. The molecule has 0 radical (unpaired) electrons. The van der Waals surface area contributed by atoms with E-state index in [1.54, 1.807) is 69.6 Å². The summed E-state index contributed by atoms with van der Waals surface area (Å²) in [6.07, 6.45) is 4.85. The minimum Gasteiger partial charge on any atom is -0.383 e. The Morgan fingerprint density at radius 1 is 1.10 bits per heavy atom. The third kappa shape index (κ3) is 5.08. The zero-order valence-corrected chi connectivity index (χ0v) is 17.9. The molecule has 3 rings (SSSR count). The number of nitrogens with two attached hydrogens (primary N) is 1. The Balaban J connectivity index is 2.02. The quantitative estimate of drug-likeness (QED) is 0.587. The van der Waals surface area contributed by atoms with Crippen LogP contribution in [0, 0.1) is 0 Å². The van der Waals surface area contributed by atoms with Gasteiger partial charge in [-0.05, 0) is 50.6 Å². The predicted octanol–water partition coefficient (Wildman–Crippen LogP) is 3.23. The van der Waals surface area contributed by atoms with E-state index in [2.05, 4.69) is 14.7 Å². The lowest BCUT2D eigenvalue weighted by Gasteiger charge is -2.21. The molecule has 0 aliphatic heterocycles. The maximum Gasteiger partial charge on any atom is 0.241 e. The van der Waals surface area contributed by atoms with E-state index in [9.17, 15) is 13.2 Å². The number of ketones is 1. The molecule has 0 unspecified atom stereocenters. The Morgan fingerprint density at radius 2 is 1.77 bits per heavy atom. The van der Waals surface area contributed by atoms with Gasteiger partial charge >= 0.3 is 0 Å². The summed E-state index contributed by atoms with van der Waals surface area (Å²) in [7, 11) is -3.79. The molecule has 0 aliphatic rings. The van der Waals surface area contributed by atoms with Crippen molar-refractivity contribution >= 4 is 21.6 Å². The molecule has 3 aromatic rings. The minimum absolute atomic E-state index is 0.103. The molecule has 0 bridgehead atoms. The summed E-state index contributed by atoms with van der Waals surface area (Å²) in [4.78, 5) is 21.0. The van der Waals surface area contributed by atoms with Gasteiger partial charge in [-0.15, -0.1) is 0 Å². The van der Waals surface area contributed by atoms with Gasteiger partial charge in [-0.3, -0.25) is 9.78 Å². The van der Waals surface area contributed by atoms with Crippen molar-refractivity contribution in [3.63, 3.8) is 0 Å². The van der Waals surface area contributed by atoms with Crippen LogP contribution in [-0.2, 0) is 16.4 Å². The molecular weight excluding hydrogens is 400 g/mol. The number of anilines is 1. The molecule has 0 saturated heterocycles. The van der Waals surface area contributed by atoms with Crippen LogP contribution in [0.15, 0.2) is 66.0 Å². The van der Waals surface area contributed by atoms with Crippen molar-refractivity contribution in [1.82, 2.24) is 14.7 Å². The second-order valence-electron chi connectivity index (χ2n) is 7.96. The van der Waals surface area contributed by atoms with Crippen LogP contribution in [0.25, 0.3) is 11.1 Å². The van der Waals surface area contributed by atoms with Crippen LogP contribution in [0.2, 0.25) is 0 Å². The Hall–Kier alpha value is -3.10. The molecule has 0 saturated carbocycles. The fourth-order valence-corrected chi connectivity index (χ4v) is 4.67. The molecule has 2 heterocycles. The first-order chi connectivity index (χ1) is 14.1. The largest absolute Gasteiger partial charge is 0.383 e. The Labute approximate surface area is 176 Å². The van der Waals surface area contributed by atoms with Crippen LogP contribution < -0.4 is 10.5 Å². The van der Waals surface area contributed by atoms with E-state index in [1.807, 2.05) is 0 Å². The molecule has 8 heteroatoms. The summed E-state index contributed by atoms with van der Waals surface area (Å²) in [5.74, 6) is -0.104. The molecule has 0 fully saturated rings. The van der Waals surface area contributed by atoms with Crippen molar-refractivity contribution in [2.45, 2.75) is 37.6 Å². The second kappa shape index (κ2) is 8.33. The van der Waals surface area contributed by atoms with Crippen LogP contribution in [0.4, 0.5) is 5.82 Å². The molecular formula is C22H24N4O3S. The number of carbonyl (C=O) groups excluding carboxylic acids is 1. The molecule has 0 aliphatic carbocycles. The van der Waals surface area contributed by atoms with Crippen molar-refractivity contribution in [3.8, 4) is 11.1 Å². The van der Waals surface area contributed by atoms with E-state index >= 15 is 0 Å². The van der Waals surface area contributed by atoms with Crippen LogP contribution in [0.5, 0.6) is 0 Å². The van der Waals surface area contributed by atoms with E-state index in [0.717, 1.165) is 5.56 Å². The Kier molecular flexibility index (Phi) is 6.00. The van der Waals surface area contributed by atoms with Crippen LogP contribution in [-0.4, -0.2) is 29.7 Å². The number of carbonyl (C=O) groups is 1. The van der Waals surface area contributed by atoms with Crippen LogP contribution in [0.1, 0.15) is 36.7 Å². The minimum atomic E-state index is -3.79. The maximum atomic E-state index is 12.9. The van der Waals surface area contributed by atoms with Gasteiger partial charge in [0.2, 0.25) is 10.0 Å². The van der Waals surface area contributed by atoms with Gasteiger partial charge in [-0.25, -0.2) is 18.1 Å². The van der Waals surface area contributed by atoms with E-state index in [0.29, 0.717) is 11.1 Å². The predicted molar refractivity (Wildman–Crippen MR) is 116 cm³/mol. The molecule has 30 heavy (non-hydrogen) atoms. The average Bonchev–Trinajstić information content (AvgIpc) is 2.67. The third-order valence-corrected chi connectivity index (χ3v) is 6.08. The average molecular weight is 425 g/mol. The number of nitrogens with one attached hydrogen (secondary N) is 1. The van der Waals surface area contributed by atoms with Crippen molar-refractivity contribution in [2.24, 2.45) is 0 Å². The number of nitrogens with zero attached hydrogens (tertiary/aromatic N) is 2. The molecule has 2 aromatic heterocycles.